The molecule has 6 nitrogen and oxygen atoms in total. The van der Waals surface area contributed by atoms with Crippen molar-refractivity contribution in [2.24, 2.45) is 0 Å². The van der Waals surface area contributed by atoms with Crippen molar-refractivity contribution in [3.63, 3.8) is 0 Å². The summed E-state index contributed by atoms with van der Waals surface area (Å²) >= 11 is 6.25. The molecule has 1 heterocycles. The molecule has 4 aromatic rings. The lowest BCUT2D eigenvalue weighted by molar-refractivity contribution is -0.117. The molecule has 1 aromatic heterocycles. The van der Waals surface area contributed by atoms with Gasteiger partial charge in [0, 0.05) is 34.0 Å². The SMILES string of the molecule is N#C/C(=C\c1cn(-c2ccccc2)nc1-c1ccc(OCc2ccccc2Cl)cc1)C(=O)NC1CCCCC1. The Bertz CT molecular complexity index is 1500. The van der Waals surface area contributed by atoms with E-state index in [9.17, 15) is 10.1 Å². The van der Waals surface area contributed by atoms with Crippen molar-refractivity contribution in [3.05, 3.63) is 107 Å². The molecule has 0 unspecified atom stereocenters. The Morgan fingerprint density at radius 1 is 1.03 bits per heavy atom. The summed E-state index contributed by atoms with van der Waals surface area (Å²) < 4.78 is 7.70. The first-order chi connectivity index (χ1) is 19.1. The van der Waals surface area contributed by atoms with Gasteiger partial charge in [-0.3, -0.25) is 4.79 Å². The second kappa shape index (κ2) is 12.5. The molecule has 1 fully saturated rings. The van der Waals surface area contributed by atoms with Crippen molar-refractivity contribution in [2.75, 3.05) is 0 Å². The minimum absolute atomic E-state index is 0.0640. The van der Waals surface area contributed by atoms with Gasteiger partial charge in [0.2, 0.25) is 0 Å². The number of rotatable bonds is 8. The third-order valence-corrected chi connectivity index (χ3v) is 7.22. The van der Waals surface area contributed by atoms with Crippen molar-refractivity contribution in [3.8, 4) is 28.8 Å². The van der Waals surface area contributed by atoms with Crippen LogP contribution in [-0.2, 0) is 11.4 Å². The number of ether oxygens (including phenoxy) is 1. The van der Waals surface area contributed by atoms with Crippen LogP contribution in [0.4, 0.5) is 0 Å². The molecule has 0 aliphatic heterocycles. The number of para-hydroxylation sites is 1. The number of nitrogens with one attached hydrogen (secondary N) is 1. The van der Waals surface area contributed by atoms with Gasteiger partial charge in [-0.15, -0.1) is 0 Å². The predicted octanol–water partition coefficient (Wildman–Crippen LogP) is 7.13. The fourth-order valence-corrected chi connectivity index (χ4v) is 4.92. The maximum atomic E-state index is 13.0. The first kappa shape index (κ1) is 26.3. The molecule has 196 valence electrons. The summed E-state index contributed by atoms with van der Waals surface area (Å²) in [6.07, 6.45) is 8.77. The molecule has 3 aromatic carbocycles. The van der Waals surface area contributed by atoms with Gasteiger partial charge in [-0.2, -0.15) is 10.4 Å². The van der Waals surface area contributed by atoms with Crippen molar-refractivity contribution < 1.29 is 9.53 Å². The van der Waals surface area contributed by atoms with E-state index >= 15 is 0 Å². The molecule has 7 heteroatoms. The van der Waals surface area contributed by atoms with E-state index in [-0.39, 0.29) is 17.5 Å². The van der Waals surface area contributed by atoms with Gasteiger partial charge in [0.25, 0.3) is 5.91 Å². The van der Waals surface area contributed by atoms with Gasteiger partial charge in [-0.1, -0.05) is 67.3 Å². The van der Waals surface area contributed by atoms with Gasteiger partial charge in [0.1, 0.15) is 24.0 Å². The number of carbonyl (C=O) groups excluding carboxylic acids is 1. The zero-order valence-electron chi connectivity index (χ0n) is 21.5. The van der Waals surface area contributed by atoms with E-state index < -0.39 is 0 Å². The highest BCUT2D eigenvalue weighted by atomic mass is 35.5. The highest BCUT2D eigenvalue weighted by Crippen LogP contribution is 2.28. The van der Waals surface area contributed by atoms with Crippen LogP contribution in [0.25, 0.3) is 23.0 Å². The summed E-state index contributed by atoms with van der Waals surface area (Å²) in [5, 5.41) is 18.4. The highest BCUT2D eigenvalue weighted by molar-refractivity contribution is 6.31. The smallest absolute Gasteiger partial charge is 0.262 e. The van der Waals surface area contributed by atoms with Crippen molar-refractivity contribution in [1.82, 2.24) is 15.1 Å². The van der Waals surface area contributed by atoms with E-state index in [0.717, 1.165) is 42.5 Å². The molecule has 1 saturated carbocycles. The average Bonchev–Trinajstić information content (AvgIpc) is 3.40. The Morgan fingerprint density at radius 2 is 1.74 bits per heavy atom. The van der Waals surface area contributed by atoms with Crippen LogP contribution < -0.4 is 10.1 Å². The maximum absolute atomic E-state index is 13.0. The Hall–Kier alpha value is -4.34. The number of nitrogens with zero attached hydrogens (tertiary/aromatic N) is 3. The zero-order chi connectivity index (χ0) is 27.0. The van der Waals surface area contributed by atoms with E-state index in [4.69, 9.17) is 21.4 Å². The van der Waals surface area contributed by atoms with Crippen LogP contribution in [-0.4, -0.2) is 21.7 Å². The van der Waals surface area contributed by atoms with E-state index in [0.29, 0.717) is 28.6 Å². The molecule has 1 N–H and O–H groups in total. The third-order valence-electron chi connectivity index (χ3n) is 6.85. The van der Waals surface area contributed by atoms with E-state index in [1.54, 1.807) is 10.8 Å². The predicted molar refractivity (Wildman–Crippen MR) is 153 cm³/mol. The van der Waals surface area contributed by atoms with Crippen LogP contribution in [0, 0.1) is 11.3 Å². The summed E-state index contributed by atoms with van der Waals surface area (Å²) in [6, 6.07) is 27.1. The molecule has 0 atom stereocenters. The summed E-state index contributed by atoms with van der Waals surface area (Å²) in [5.41, 5.74) is 4.03. The lowest BCUT2D eigenvalue weighted by Gasteiger charge is -2.22. The normalized spacial score (nSPS) is 14.0. The highest BCUT2D eigenvalue weighted by Gasteiger charge is 2.20. The third kappa shape index (κ3) is 6.57. The number of nitriles is 1. The molecular weight excluding hydrogens is 508 g/mol. The Kier molecular flexibility index (Phi) is 8.40. The Balaban J connectivity index is 1.42. The van der Waals surface area contributed by atoms with Gasteiger partial charge >= 0.3 is 0 Å². The second-order valence-corrected chi connectivity index (χ2v) is 10.0. The van der Waals surface area contributed by atoms with Crippen LogP contribution >= 0.6 is 11.6 Å². The van der Waals surface area contributed by atoms with Crippen LogP contribution in [0.1, 0.15) is 43.2 Å². The van der Waals surface area contributed by atoms with Crippen molar-refractivity contribution in [1.29, 1.82) is 5.26 Å². The summed E-state index contributed by atoms with van der Waals surface area (Å²) in [6.45, 7) is 0.358. The standard InChI is InChI=1S/C32H29ClN4O2/c33-30-14-8-7-9-24(30)22-39-29-17-15-23(16-18-29)31-26(21-37(36-31)28-12-5-2-6-13-28)19-25(20-34)32(38)35-27-10-3-1-4-11-27/h2,5-9,12-19,21,27H,1,3-4,10-11,22H2,(H,35,38)/b25-19+. The number of carbonyl (C=O) groups is 1. The molecule has 0 saturated heterocycles. The molecule has 0 radical (unpaired) electrons. The van der Waals surface area contributed by atoms with Gasteiger partial charge in [0.15, 0.2) is 0 Å². The lowest BCUT2D eigenvalue weighted by atomic mass is 9.95. The monoisotopic (exact) mass is 536 g/mol. The molecule has 5 rings (SSSR count). The Labute approximate surface area is 233 Å². The van der Waals surface area contributed by atoms with Gasteiger partial charge in [-0.05, 0) is 61.4 Å². The van der Waals surface area contributed by atoms with Crippen LogP contribution in [0.5, 0.6) is 5.75 Å². The van der Waals surface area contributed by atoms with Crippen molar-refractivity contribution in [2.45, 2.75) is 44.8 Å². The fraction of sp³-hybridized carbons (Fsp3) is 0.219. The molecule has 1 aliphatic rings. The molecule has 39 heavy (non-hydrogen) atoms. The molecule has 1 amide bonds. The van der Waals surface area contributed by atoms with E-state index in [1.165, 1.54) is 6.42 Å². The quantitative estimate of drug-likeness (QED) is 0.192. The van der Waals surface area contributed by atoms with Crippen LogP contribution in [0.3, 0.4) is 0 Å². The number of halogens is 1. The summed E-state index contributed by atoms with van der Waals surface area (Å²) in [7, 11) is 0. The summed E-state index contributed by atoms with van der Waals surface area (Å²) in [5.74, 6) is 0.356. The first-order valence-electron chi connectivity index (χ1n) is 13.1. The number of amides is 1. The molecular formula is C32H29ClN4O2. The van der Waals surface area contributed by atoms with Gasteiger partial charge in [0.05, 0.1) is 11.4 Å². The first-order valence-corrected chi connectivity index (χ1v) is 13.5. The number of aromatic nitrogens is 2. The van der Waals surface area contributed by atoms with Gasteiger partial charge in [-0.25, -0.2) is 4.68 Å². The van der Waals surface area contributed by atoms with E-state index in [2.05, 4.69) is 11.4 Å². The van der Waals surface area contributed by atoms with Crippen LogP contribution in [0.2, 0.25) is 5.02 Å². The lowest BCUT2D eigenvalue weighted by Crippen LogP contribution is -2.36. The maximum Gasteiger partial charge on any atom is 0.262 e. The summed E-state index contributed by atoms with van der Waals surface area (Å²) in [4.78, 5) is 13.0. The number of benzene rings is 3. The minimum atomic E-state index is -0.342. The fourth-order valence-electron chi connectivity index (χ4n) is 4.73. The molecule has 1 aliphatic carbocycles. The minimum Gasteiger partial charge on any atom is -0.489 e. The average molecular weight is 537 g/mol. The van der Waals surface area contributed by atoms with Crippen LogP contribution in [0.15, 0.2) is 90.6 Å². The topological polar surface area (TPSA) is 79.9 Å². The molecule has 0 bridgehead atoms. The largest absolute Gasteiger partial charge is 0.489 e. The van der Waals surface area contributed by atoms with Crippen molar-refractivity contribution >= 4 is 23.6 Å². The number of hydrogen-bond donors (Lipinski definition) is 1. The Morgan fingerprint density at radius 3 is 2.46 bits per heavy atom. The van der Waals surface area contributed by atoms with E-state index in [1.807, 2.05) is 85.1 Å². The van der Waals surface area contributed by atoms with Gasteiger partial charge < -0.3 is 10.1 Å². The zero-order valence-corrected chi connectivity index (χ0v) is 22.3. The number of hydrogen-bond acceptors (Lipinski definition) is 4. The second-order valence-electron chi connectivity index (χ2n) is 9.60. The molecule has 0 spiro atoms.